The Morgan fingerprint density at radius 3 is 2.53 bits per heavy atom. The van der Waals surface area contributed by atoms with Crippen molar-refractivity contribution >= 4 is 27.2 Å². The normalized spacial score (nSPS) is 10.2. The Kier molecular flexibility index (Phi) is 4.27. The van der Waals surface area contributed by atoms with E-state index in [1.807, 2.05) is 49.4 Å². The molecule has 0 bridgehead atoms. The summed E-state index contributed by atoms with van der Waals surface area (Å²) in [4.78, 5) is 0. The van der Waals surface area contributed by atoms with E-state index in [1.165, 1.54) is 0 Å². The fourth-order valence-corrected chi connectivity index (χ4v) is 2.23. The second-order valence-electron chi connectivity index (χ2n) is 4.17. The van der Waals surface area contributed by atoms with Gasteiger partial charge in [0.2, 0.25) is 0 Å². The maximum Gasteiger partial charge on any atom is 0.119 e. The number of hydrogen-bond donors (Lipinski definition) is 1. The molecule has 0 atom stereocenters. The number of rotatable bonds is 4. The van der Waals surface area contributed by atoms with E-state index >= 15 is 0 Å². The molecule has 0 aliphatic carbocycles. The zero-order valence-corrected chi connectivity index (χ0v) is 12.4. The highest BCUT2D eigenvalue weighted by atomic mass is 79.9. The summed E-state index contributed by atoms with van der Waals surface area (Å²) in [5.41, 5.74) is 9.61. The van der Waals surface area contributed by atoms with Crippen molar-refractivity contribution in [2.45, 2.75) is 6.92 Å². The minimum atomic E-state index is 0.666. The van der Waals surface area contributed by atoms with Crippen LogP contribution in [0.3, 0.4) is 0 Å². The minimum Gasteiger partial charge on any atom is -0.494 e. The second-order valence-corrected chi connectivity index (χ2v) is 5.08. The minimum absolute atomic E-state index is 0.666. The van der Waals surface area contributed by atoms with Crippen LogP contribution >= 0.6 is 15.9 Å². The van der Waals surface area contributed by atoms with E-state index in [2.05, 4.69) is 22.5 Å². The van der Waals surface area contributed by atoms with Crippen LogP contribution in [0.2, 0.25) is 0 Å². The molecule has 2 nitrogen and oxygen atoms in total. The predicted molar refractivity (Wildman–Crippen MR) is 84.3 cm³/mol. The Balaban J connectivity index is 2.30. The quantitative estimate of drug-likeness (QED) is 0.843. The maximum absolute atomic E-state index is 6.00. The van der Waals surface area contributed by atoms with Crippen LogP contribution in [0.4, 0.5) is 5.69 Å². The highest BCUT2D eigenvalue weighted by Gasteiger charge is 2.07. The molecule has 2 aromatic rings. The van der Waals surface area contributed by atoms with Gasteiger partial charge in [-0.2, -0.15) is 0 Å². The lowest BCUT2D eigenvalue weighted by atomic mass is 9.98. The Labute approximate surface area is 122 Å². The molecule has 0 saturated heterocycles. The van der Waals surface area contributed by atoms with Crippen LogP contribution in [0.5, 0.6) is 5.75 Å². The van der Waals surface area contributed by atoms with Gasteiger partial charge in [0.05, 0.1) is 6.61 Å². The van der Waals surface area contributed by atoms with Gasteiger partial charge in [-0.15, -0.1) is 0 Å². The first-order valence-corrected chi connectivity index (χ1v) is 6.88. The fourth-order valence-electron chi connectivity index (χ4n) is 1.86. The van der Waals surface area contributed by atoms with E-state index in [1.54, 1.807) is 0 Å². The number of anilines is 1. The molecule has 0 heterocycles. The molecule has 0 saturated carbocycles. The van der Waals surface area contributed by atoms with Crippen LogP contribution < -0.4 is 10.5 Å². The summed E-state index contributed by atoms with van der Waals surface area (Å²) in [5, 5.41) is 0. The third-order valence-electron chi connectivity index (χ3n) is 2.85. The van der Waals surface area contributed by atoms with Gasteiger partial charge >= 0.3 is 0 Å². The van der Waals surface area contributed by atoms with Crippen molar-refractivity contribution in [2.24, 2.45) is 0 Å². The Morgan fingerprint density at radius 1 is 1.21 bits per heavy atom. The van der Waals surface area contributed by atoms with Crippen LogP contribution in [-0.2, 0) is 0 Å². The van der Waals surface area contributed by atoms with Gasteiger partial charge in [0.1, 0.15) is 5.75 Å². The lowest BCUT2D eigenvalue weighted by molar-refractivity contribution is 0.340. The smallest absolute Gasteiger partial charge is 0.119 e. The molecule has 0 unspecified atom stereocenters. The van der Waals surface area contributed by atoms with Crippen LogP contribution in [0.15, 0.2) is 53.5 Å². The van der Waals surface area contributed by atoms with E-state index in [-0.39, 0.29) is 0 Å². The zero-order chi connectivity index (χ0) is 13.8. The summed E-state index contributed by atoms with van der Waals surface area (Å²) in [5.74, 6) is 0.862. The molecule has 2 aromatic carbocycles. The average molecular weight is 318 g/mol. The average Bonchev–Trinajstić information content (AvgIpc) is 2.42. The number of halogens is 1. The third-order valence-corrected chi connectivity index (χ3v) is 3.35. The summed E-state index contributed by atoms with van der Waals surface area (Å²) in [7, 11) is 0. The molecule has 0 aliphatic rings. The molecule has 0 spiro atoms. The molecular formula is C16H16BrNO. The molecule has 0 fully saturated rings. The lowest BCUT2D eigenvalue weighted by Crippen LogP contribution is -1.95. The number of hydrogen-bond acceptors (Lipinski definition) is 2. The van der Waals surface area contributed by atoms with E-state index < -0.39 is 0 Å². The summed E-state index contributed by atoms with van der Waals surface area (Å²) < 4.78 is 6.42. The first-order chi connectivity index (χ1) is 9.11. The molecule has 0 amide bonds. The monoisotopic (exact) mass is 317 g/mol. The zero-order valence-electron chi connectivity index (χ0n) is 10.8. The van der Waals surface area contributed by atoms with Gasteiger partial charge in [-0.1, -0.05) is 34.6 Å². The van der Waals surface area contributed by atoms with Gasteiger partial charge in [-0.25, -0.2) is 0 Å². The van der Waals surface area contributed by atoms with Gasteiger partial charge < -0.3 is 10.5 Å². The molecule has 0 radical (unpaired) electrons. The predicted octanol–water partition coefficient (Wildman–Crippen LogP) is 4.49. The number of nitrogen functional groups attached to an aromatic ring is 1. The molecule has 3 heteroatoms. The van der Waals surface area contributed by atoms with E-state index in [4.69, 9.17) is 10.5 Å². The maximum atomic E-state index is 6.00. The fraction of sp³-hybridized carbons (Fsp3) is 0.125. The van der Waals surface area contributed by atoms with Gasteiger partial charge in [-0.05, 0) is 48.4 Å². The van der Waals surface area contributed by atoms with Gasteiger partial charge in [0.15, 0.2) is 0 Å². The van der Waals surface area contributed by atoms with E-state index in [0.717, 1.165) is 32.6 Å². The molecule has 2 N–H and O–H groups in total. The highest BCUT2D eigenvalue weighted by molar-refractivity contribution is 9.10. The van der Waals surface area contributed by atoms with Crippen LogP contribution in [0.1, 0.15) is 18.1 Å². The van der Waals surface area contributed by atoms with Crippen LogP contribution in [0, 0.1) is 0 Å². The van der Waals surface area contributed by atoms with Crippen LogP contribution in [-0.4, -0.2) is 6.61 Å². The van der Waals surface area contributed by atoms with Crippen molar-refractivity contribution in [3.05, 3.63) is 64.6 Å². The largest absolute Gasteiger partial charge is 0.494 e. The number of benzene rings is 2. The van der Waals surface area contributed by atoms with Crippen molar-refractivity contribution < 1.29 is 4.74 Å². The van der Waals surface area contributed by atoms with Gasteiger partial charge in [0.25, 0.3) is 0 Å². The second kappa shape index (κ2) is 5.93. The number of ether oxygens (including phenoxy) is 1. The first-order valence-electron chi connectivity index (χ1n) is 6.09. The highest BCUT2D eigenvalue weighted by Crippen LogP contribution is 2.29. The first kappa shape index (κ1) is 13.7. The summed E-state index contributed by atoms with van der Waals surface area (Å²) in [6, 6.07) is 13.6. The van der Waals surface area contributed by atoms with Crippen molar-refractivity contribution in [2.75, 3.05) is 12.3 Å². The molecule has 2 rings (SSSR count). The van der Waals surface area contributed by atoms with Gasteiger partial charge in [0, 0.05) is 15.7 Å². The summed E-state index contributed by atoms with van der Waals surface area (Å²) >= 11 is 3.45. The van der Waals surface area contributed by atoms with E-state index in [9.17, 15) is 0 Å². The molecular weight excluding hydrogens is 302 g/mol. The van der Waals surface area contributed by atoms with Gasteiger partial charge in [-0.3, -0.25) is 0 Å². The van der Waals surface area contributed by atoms with Crippen molar-refractivity contribution in [1.82, 2.24) is 0 Å². The lowest BCUT2D eigenvalue weighted by Gasteiger charge is -2.11. The Morgan fingerprint density at radius 2 is 1.89 bits per heavy atom. The topological polar surface area (TPSA) is 35.2 Å². The Bertz CT molecular complexity index is 590. The van der Waals surface area contributed by atoms with Crippen molar-refractivity contribution in [3.63, 3.8) is 0 Å². The molecule has 98 valence electrons. The number of nitrogens with two attached hydrogens (primary N) is 1. The van der Waals surface area contributed by atoms with Crippen molar-refractivity contribution in [3.8, 4) is 5.75 Å². The summed E-state index contributed by atoms with van der Waals surface area (Å²) in [6.07, 6.45) is 0. The molecule has 19 heavy (non-hydrogen) atoms. The van der Waals surface area contributed by atoms with E-state index in [0.29, 0.717) is 6.61 Å². The third kappa shape index (κ3) is 3.18. The van der Waals surface area contributed by atoms with Crippen LogP contribution in [0.25, 0.3) is 5.57 Å². The van der Waals surface area contributed by atoms with Crippen molar-refractivity contribution in [1.29, 1.82) is 0 Å². The SMILES string of the molecule is C=C(c1ccc(OCC)cc1)c1cc(Br)ccc1N. The Hall–Kier alpha value is -1.74. The molecule has 0 aliphatic heterocycles. The molecule has 0 aromatic heterocycles. The summed E-state index contributed by atoms with van der Waals surface area (Å²) in [6.45, 7) is 6.76. The standard InChI is InChI=1S/C16H16BrNO/c1-3-19-14-7-4-12(5-8-14)11(2)15-10-13(17)6-9-16(15)18/h4-10H,2-3,18H2,1H3.